The number of methoxy groups -OCH3 is 4. The van der Waals surface area contributed by atoms with Gasteiger partial charge in [0.1, 0.15) is 0 Å². The summed E-state index contributed by atoms with van der Waals surface area (Å²) in [5, 5.41) is 0.808. The Bertz CT molecular complexity index is 975. The number of ketones is 1. The van der Waals surface area contributed by atoms with E-state index in [4.69, 9.17) is 42.1 Å². The van der Waals surface area contributed by atoms with Gasteiger partial charge in [0.05, 0.1) is 38.5 Å². The maximum absolute atomic E-state index is 13.2. The van der Waals surface area contributed by atoms with Crippen molar-refractivity contribution in [1.82, 2.24) is 0 Å². The lowest BCUT2D eigenvalue weighted by molar-refractivity contribution is -0.112. The minimum atomic E-state index is -0.0250. The van der Waals surface area contributed by atoms with E-state index >= 15 is 0 Å². The fraction of sp³-hybridized carbons (Fsp3) is 0.292. The average Bonchev–Trinajstić information content (AvgIpc) is 2.78. The first-order valence-electron chi connectivity index (χ1n) is 9.71. The second kappa shape index (κ2) is 10.1. The van der Waals surface area contributed by atoms with Crippen molar-refractivity contribution in [3.05, 3.63) is 56.6 Å². The molecule has 0 spiro atoms. The lowest BCUT2D eigenvalue weighted by Crippen LogP contribution is -2.12. The number of ether oxygens (including phenoxy) is 4. The highest BCUT2D eigenvalue weighted by molar-refractivity contribution is 6.34. The summed E-state index contributed by atoms with van der Waals surface area (Å²) in [6.45, 7) is 0. The second-order valence-electron chi connectivity index (χ2n) is 6.93. The third-order valence-electron chi connectivity index (χ3n) is 5.16. The summed E-state index contributed by atoms with van der Waals surface area (Å²) < 4.78 is 21.3. The van der Waals surface area contributed by atoms with Crippen LogP contribution in [0.5, 0.6) is 23.0 Å². The number of carbonyl (C=O) groups is 1. The molecule has 0 bridgehead atoms. The zero-order valence-corrected chi connectivity index (χ0v) is 19.4. The van der Waals surface area contributed by atoms with Gasteiger partial charge in [-0.15, -0.1) is 0 Å². The molecule has 0 aliphatic heterocycles. The van der Waals surface area contributed by atoms with Crippen molar-refractivity contribution >= 4 is 41.1 Å². The number of benzene rings is 2. The van der Waals surface area contributed by atoms with E-state index in [0.29, 0.717) is 68.2 Å². The summed E-state index contributed by atoms with van der Waals surface area (Å²) in [5.41, 5.74) is 2.77. The summed E-state index contributed by atoms with van der Waals surface area (Å²) in [6.07, 6.45) is 5.81. The number of hydrogen-bond donors (Lipinski definition) is 0. The maximum Gasteiger partial charge on any atom is 0.185 e. The molecule has 0 heterocycles. The molecule has 5 nitrogen and oxygen atoms in total. The molecule has 0 saturated heterocycles. The molecule has 0 atom stereocenters. The molecule has 1 fully saturated rings. The molecule has 0 radical (unpaired) electrons. The molecule has 7 heteroatoms. The van der Waals surface area contributed by atoms with Gasteiger partial charge in [-0.25, -0.2) is 0 Å². The van der Waals surface area contributed by atoms with Crippen molar-refractivity contribution in [1.29, 1.82) is 0 Å². The SMILES string of the molecule is COc1ccc(C=C2CCCC(=Cc3ccc(OC)c(OC)c3Cl)C2=O)c(Cl)c1OC. The first kappa shape index (κ1) is 23.0. The third kappa shape index (κ3) is 4.68. The molecule has 1 aliphatic rings. The van der Waals surface area contributed by atoms with Crippen LogP contribution in [0.4, 0.5) is 0 Å². The second-order valence-corrected chi connectivity index (χ2v) is 7.69. The summed E-state index contributed by atoms with van der Waals surface area (Å²) in [6, 6.07) is 7.16. The molecule has 0 N–H and O–H groups in total. The van der Waals surface area contributed by atoms with E-state index in [-0.39, 0.29) is 5.78 Å². The van der Waals surface area contributed by atoms with Gasteiger partial charge in [-0.05, 0) is 66.8 Å². The summed E-state index contributed by atoms with van der Waals surface area (Å²) in [5.74, 6) is 1.92. The van der Waals surface area contributed by atoms with E-state index in [2.05, 4.69) is 0 Å². The first-order valence-corrected chi connectivity index (χ1v) is 10.5. The number of rotatable bonds is 6. The van der Waals surface area contributed by atoms with Gasteiger partial charge in [-0.2, -0.15) is 0 Å². The third-order valence-corrected chi connectivity index (χ3v) is 5.94. The van der Waals surface area contributed by atoms with E-state index in [0.717, 1.165) is 6.42 Å². The predicted molar refractivity (Wildman–Crippen MR) is 124 cm³/mol. The van der Waals surface area contributed by atoms with Crippen molar-refractivity contribution in [2.45, 2.75) is 19.3 Å². The lowest BCUT2D eigenvalue weighted by atomic mass is 9.86. The molecule has 164 valence electrons. The van der Waals surface area contributed by atoms with E-state index in [1.54, 1.807) is 26.4 Å². The van der Waals surface area contributed by atoms with Crippen molar-refractivity contribution < 1.29 is 23.7 Å². The number of hydrogen-bond acceptors (Lipinski definition) is 5. The minimum Gasteiger partial charge on any atom is -0.493 e. The first-order chi connectivity index (χ1) is 14.9. The van der Waals surface area contributed by atoms with Gasteiger partial charge in [0.25, 0.3) is 0 Å². The zero-order chi connectivity index (χ0) is 22.5. The number of halogens is 2. The van der Waals surface area contributed by atoms with Crippen LogP contribution in [-0.4, -0.2) is 34.2 Å². The summed E-state index contributed by atoms with van der Waals surface area (Å²) in [4.78, 5) is 13.2. The Hall–Kier alpha value is -2.63. The van der Waals surface area contributed by atoms with E-state index in [1.807, 2.05) is 24.3 Å². The van der Waals surface area contributed by atoms with Gasteiger partial charge in [0, 0.05) is 11.1 Å². The van der Waals surface area contributed by atoms with Gasteiger partial charge in [0.15, 0.2) is 28.8 Å². The van der Waals surface area contributed by atoms with Crippen molar-refractivity contribution in [3.8, 4) is 23.0 Å². The highest BCUT2D eigenvalue weighted by atomic mass is 35.5. The quantitative estimate of drug-likeness (QED) is 0.474. The van der Waals surface area contributed by atoms with Crippen LogP contribution < -0.4 is 18.9 Å². The van der Waals surface area contributed by atoms with E-state index < -0.39 is 0 Å². The van der Waals surface area contributed by atoms with Gasteiger partial charge in [-0.1, -0.05) is 23.2 Å². The molecule has 1 aliphatic carbocycles. The minimum absolute atomic E-state index is 0.0250. The Labute approximate surface area is 192 Å². The van der Waals surface area contributed by atoms with Crippen molar-refractivity contribution in [2.24, 2.45) is 0 Å². The molecular formula is C24H24Cl2O5. The predicted octanol–water partition coefficient (Wildman–Crippen LogP) is 6.25. The summed E-state index contributed by atoms with van der Waals surface area (Å²) in [7, 11) is 6.15. The fourth-order valence-electron chi connectivity index (χ4n) is 3.59. The number of Topliss-reactive ketones (excluding diaryl/α,β-unsaturated/α-hetero) is 1. The van der Waals surface area contributed by atoms with Crippen LogP contribution in [0.25, 0.3) is 12.2 Å². The Morgan fingerprint density at radius 2 is 1.13 bits per heavy atom. The Kier molecular flexibility index (Phi) is 7.52. The van der Waals surface area contributed by atoms with E-state index in [9.17, 15) is 4.79 Å². The number of allylic oxidation sites excluding steroid dienone is 2. The molecule has 0 aromatic heterocycles. The van der Waals surface area contributed by atoms with Crippen LogP contribution >= 0.6 is 23.2 Å². The normalized spacial score (nSPS) is 16.5. The van der Waals surface area contributed by atoms with Gasteiger partial charge < -0.3 is 18.9 Å². The van der Waals surface area contributed by atoms with Crippen LogP contribution in [0.3, 0.4) is 0 Å². The van der Waals surface area contributed by atoms with Crippen molar-refractivity contribution in [3.63, 3.8) is 0 Å². The zero-order valence-electron chi connectivity index (χ0n) is 17.9. The van der Waals surface area contributed by atoms with Gasteiger partial charge in [-0.3, -0.25) is 4.79 Å². The van der Waals surface area contributed by atoms with Crippen LogP contribution in [0.2, 0.25) is 10.0 Å². The highest BCUT2D eigenvalue weighted by Gasteiger charge is 2.23. The largest absolute Gasteiger partial charge is 0.493 e. The maximum atomic E-state index is 13.2. The van der Waals surface area contributed by atoms with Crippen LogP contribution in [0, 0.1) is 0 Å². The molecule has 1 saturated carbocycles. The van der Waals surface area contributed by atoms with Crippen LogP contribution in [-0.2, 0) is 4.79 Å². The van der Waals surface area contributed by atoms with E-state index in [1.165, 1.54) is 14.2 Å². The number of carbonyl (C=O) groups excluding carboxylic acids is 1. The van der Waals surface area contributed by atoms with Crippen LogP contribution in [0.15, 0.2) is 35.4 Å². The van der Waals surface area contributed by atoms with Crippen LogP contribution in [0.1, 0.15) is 30.4 Å². The average molecular weight is 463 g/mol. The molecule has 31 heavy (non-hydrogen) atoms. The molecule has 0 unspecified atom stereocenters. The van der Waals surface area contributed by atoms with Gasteiger partial charge in [0.2, 0.25) is 0 Å². The Morgan fingerprint density at radius 3 is 1.48 bits per heavy atom. The Balaban J connectivity index is 1.98. The summed E-state index contributed by atoms with van der Waals surface area (Å²) >= 11 is 13.0. The molecule has 2 aromatic rings. The standard InChI is InChI=1S/C24H24Cl2O5/c1-28-18-10-8-14(20(25)23(18)30-3)12-16-6-5-7-17(22(16)27)13-15-9-11-19(29-2)24(31-4)21(15)26/h8-13H,5-7H2,1-4H3. The molecule has 3 rings (SSSR count). The molecule has 2 aromatic carbocycles. The Morgan fingerprint density at radius 1 is 0.710 bits per heavy atom. The molecule has 0 amide bonds. The van der Waals surface area contributed by atoms with Gasteiger partial charge >= 0.3 is 0 Å². The molecular weight excluding hydrogens is 439 g/mol. The van der Waals surface area contributed by atoms with Crippen molar-refractivity contribution in [2.75, 3.05) is 28.4 Å². The topological polar surface area (TPSA) is 54.0 Å². The lowest BCUT2D eigenvalue weighted by Gasteiger charge is -2.18. The highest BCUT2D eigenvalue weighted by Crippen LogP contribution is 2.41. The fourth-order valence-corrected chi connectivity index (χ4v) is 4.16. The monoisotopic (exact) mass is 462 g/mol. The smallest absolute Gasteiger partial charge is 0.185 e.